The Balaban J connectivity index is 1.76. The molecule has 0 fully saturated rings. The highest BCUT2D eigenvalue weighted by molar-refractivity contribution is 9.09. The van der Waals surface area contributed by atoms with Crippen molar-refractivity contribution in [3.63, 3.8) is 0 Å². The van der Waals surface area contributed by atoms with Crippen LogP contribution in [0.1, 0.15) is 103 Å². The van der Waals surface area contributed by atoms with E-state index in [0.29, 0.717) is 26.4 Å². The molecule has 0 bridgehead atoms. The van der Waals surface area contributed by atoms with E-state index in [2.05, 4.69) is 100 Å². The summed E-state index contributed by atoms with van der Waals surface area (Å²) in [6.07, 6.45) is 18.3. The summed E-state index contributed by atoms with van der Waals surface area (Å²) in [5.41, 5.74) is 0. The number of alkyl halides is 4. The lowest BCUT2D eigenvalue weighted by Gasteiger charge is -2.24. The zero-order valence-corrected chi connectivity index (χ0v) is 34.9. The van der Waals surface area contributed by atoms with Crippen molar-refractivity contribution >= 4 is 96.0 Å². The molecule has 4 aromatic carbocycles. The molecule has 0 aromatic heterocycles. The molecule has 0 N–H and O–H groups in total. The Labute approximate surface area is 322 Å². The first-order valence-corrected chi connectivity index (χ1v) is 22.8. The van der Waals surface area contributed by atoms with Crippen molar-refractivity contribution in [3.8, 4) is 23.0 Å². The zero-order valence-electron chi connectivity index (χ0n) is 28.6. The van der Waals surface area contributed by atoms with Crippen molar-refractivity contribution in [2.24, 2.45) is 0 Å². The van der Waals surface area contributed by atoms with Gasteiger partial charge in [-0.15, -0.1) is 0 Å². The maximum absolute atomic E-state index is 6.72. The Morgan fingerprint density at radius 1 is 0.312 bits per heavy atom. The first-order valence-electron chi connectivity index (χ1n) is 18.3. The van der Waals surface area contributed by atoms with Crippen LogP contribution >= 0.6 is 63.7 Å². The number of halogens is 4. The van der Waals surface area contributed by atoms with Gasteiger partial charge in [-0.3, -0.25) is 0 Å². The van der Waals surface area contributed by atoms with E-state index in [9.17, 15) is 0 Å². The number of hydrogen-bond donors (Lipinski definition) is 0. The van der Waals surface area contributed by atoms with E-state index < -0.39 is 0 Å². The first kappa shape index (κ1) is 39.8. The van der Waals surface area contributed by atoms with Crippen molar-refractivity contribution in [1.82, 2.24) is 0 Å². The molecule has 0 atom stereocenters. The minimum Gasteiger partial charge on any atom is -0.489 e. The molecule has 0 amide bonds. The number of benzene rings is 4. The molecule has 4 rings (SSSR count). The number of ether oxygens (including phenoxy) is 4. The molecule has 8 heteroatoms. The summed E-state index contributed by atoms with van der Waals surface area (Å²) in [5.74, 6) is 3.45. The summed E-state index contributed by atoms with van der Waals surface area (Å²) >= 11 is 14.3. The van der Waals surface area contributed by atoms with Crippen molar-refractivity contribution < 1.29 is 18.9 Å². The fourth-order valence-electron chi connectivity index (χ4n) is 6.36. The Hall–Kier alpha value is -0.960. The maximum atomic E-state index is 6.72. The van der Waals surface area contributed by atoms with Crippen molar-refractivity contribution in [2.45, 2.75) is 103 Å². The molecule has 0 aliphatic rings. The van der Waals surface area contributed by atoms with Crippen LogP contribution in [0.25, 0.3) is 32.3 Å². The van der Waals surface area contributed by atoms with Gasteiger partial charge in [0.1, 0.15) is 0 Å². The maximum Gasteiger partial charge on any atom is 0.169 e. The lowest BCUT2D eigenvalue weighted by atomic mass is 9.91. The van der Waals surface area contributed by atoms with E-state index >= 15 is 0 Å². The van der Waals surface area contributed by atoms with Gasteiger partial charge < -0.3 is 18.9 Å². The highest BCUT2D eigenvalue weighted by Crippen LogP contribution is 2.53. The van der Waals surface area contributed by atoms with Crippen molar-refractivity contribution in [2.75, 3.05) is 47.7 Å². The normalized spacial score (nSPS) is 11.7. The fraction of sp³-hybridized carbons (Fsp3) is 0.600. The molecule has 4 aromatic rings. The summed E-state index contributed by atoms with van der Waals surface area (Å²) in [6, 6.07) is 13.1. The van der Waals surface area contributed by atoms with E-state index in [1.165, 1.54) is 62.1 Å². The summed E-state index contributed by atoms with van der Waals surface area (Å²) in [7, 11) is 0. The molecule has 0 saturated heterocycles. The molecule has 266 valence electrons. The first-order chi connectivity index (χ1) is 23.8. The molecule has 48 heavy (non-hydrogen) atoms. The third kappa shape index (κ3) is 11.5. The largest absolute Gasteiger partial charge is 0.489 e. The van der Waals surface area contributed by atoms with Crippen LogP contribution in [0.5, 0.6) is 23.0 Å². The van der Waals surface area contributed by atoms with Gasteiger partial charge in [0.15, 0.2) is 23.0 Å². The Morgan fingerprint density at radius 3 is 0.771 bits per heavy atom. The van der Waals surface area contributed by atoms with Gasteiger partial charge >= 0.3 is 0 Å². The number of unbranched alkanes of at least 4 members (excludes halogenated alkanes) is 12. The predicted molar refractivity (Wildman–Crippen MR) is 221 cm³/mol. The molecular weight excluding hydrogens is 864 g/mol. The van der Waals surface area contributed by atoms with E-state index in [1.54, 1.807) is 0 Å². The molecule has 0 aliphatic carbocycles. The number of hydrogen-bond acceptors (Lipinski definition) is 4. The van der Waals surface area contributed by atoms with Crippen LogP contribution in [0.3, 0.4) is 0 Å². The molecule has 0 unspecified atom stereocenters. The van der Waals surface area contributed by atoms with Gasteiger partial charge in [0, 0.05) is 53.6 Å². The topological polar surface area (TPSA) is 36.9 Å². The lowest BCUT2D eigenvalue weighted by Crippen LogP contribution is -2.07. The van der Waals surface area contributed by atoms with Crippen LogP contribution in [0.15, 0.2) is 36.4 Å². The van der Waals surface area contributed by atoms with Gasteiger partial charge in [-0.1, -0.05) is 151 Å². The Kier molecular flexibility index (Phi) is 19.5. The van der Waals surface area contributed by atoms with Gasteiger partial charge in [-0.2, -0.15) is 0 Å². The highest BCUT2D eigenvalue weighted by Gasteiger charge is 2.26. The second kappa shape index (κ2) is 23.5. The van der Waals surface area contributed by atoms with Crippen LogP contribution in [0.2, 0.25) is 0 Å². The van der Waals surface area contributed by atoms with Gasteiger partial charge in [0.2, 0.25) is 0 Å². The van der Waals surface area contributed by atoms with E-state index in [0.717, 1.165) is 117 Å². The van der Waals surface area contributed by atoms with E-state index in [1.807, 2.05) is 0 Å². The van der Waals surface area contributed by atoms with Crippen LogP contribution in [0.4, 0.5) is 0 Å². The highest BCUT2D eigenvalue weighted by atomic mass is 79.9. The van der Waals surface area contributed by atoms with Gasteiger partial charge in [0.25, 0.3) is 0 Å². The van der Waals surface area contributed by atoms with Crippen molar-refractivity contribution in [1.29, 1.82) is 0 Å². The second-order valence-corrected chi connectivity index (χ2v) is 15.8. The standard InChI is InChI=1S/C40H54Br4O4/c41-23-9-1-5-13-27-45-37-31-19-17-21-33-35(31)36-32(38(37)46-28-14-6-2-10-24-42)20-18-22-34(36)40(48-30-16-8-4-12-26-44)39(33)47-29-15-7-3-11-25-43/h17-22H,1-16,23-30H2. The Bertz CT molecular complexity index is 1250. The predicted octanol–water partition coefficient (Wildman–Crippen LogP) is 13.9. The molecule has 0 aliphatic heterocycles. The quantitative estimate of drug-likeness (QED) is 0.0323. The molecule has 0 spiro atoms. The zero-order chi connectivity index (χ0) is 33.8. The summed E-state index contributed by atoms with van der Waals surface area (Å²) in [6.45, 7) is 2.69. The molecule has 0 radical (unpaired) electrons. The monoisotopic (exact) mass is 914 g/mol. The third-order valence-corrected chi connectivity index (χ3v) is 11.1. The van der Waals surface area contributed by atoms with Crippen LogP contribution in [-0.2, 0) is 0 Å². The SMILES string of the molecule is BrCCCCCCOc1c(OCCCCCCBr)c2cccc3c(OCCCCCCBr)c(OCCCCCCBr)c4cccc1c4c23. The summed E-state index contributed by atoms with van der Waals surface area (Å²) in [5, 5.41) is 11.0. The molecule has 0 heterocycles. The summed E-state index contributed by atoms with van der Waals surface area (Å²) in [4.78, 5) is 0. The van der Waals surface area contributed by atoms with Crippen LogP contribution in [0, 0.1) is 0 Å². The van der Waals surface area contributed by atoms with Gasteiger partial charge in [-0.05, 0) is 51.4 Å². The number of rotatable bonds is 28. The average Bonchev–Trinajstić information content (AvgIpc) is 3.11. The Morgan fingerprint density at radius 2 is 0.542 bits per heavy atom. The van der Waals surface area contributed by atoms with E-state index in [4.69, 9.17) is 18.9 Å². The van der Waals surface area contributed by atoms with Gasteiger partial charge in [0.05, 0.1) is 26.4 Å². The molecular formula is C40H54Br4O4. The lowest BCUT2D eigenvalue weighted by molar-refractivity contribution is 0.263. The molecule has 4 nitrogen and oxygen atoms in total. The minimum absolute atomic E-state index is 0.672. The van der Waals surface area contributed by atoms with E-state index in [-0.39, 0.29) is 0 Å². The molecule has 0 saturated carbocycles. The summed E-state index contributed by atoms with van der Waals surface area (Å²) < 4.78 is 26.9. The van der Waals surface area contributed by atoms with Crippen LogP contribution < -0.4 is 18.9 Å². The average molecular weight is 918 g/mol. The fourth-order valence-corrected chi connectivity index (χ4v) is 7.95. The van der Waals surface area contributed by atoms with Gasteiger partial charge in [-0.25, -0.2) is 0 Å². The minimum atomic E-state index is 0.672. The van der Waals surface area contributed by atoms with Crippen LogP contribution in [-0.4, -0.2) is 47.7 Å². The third-order valence-electron chi connectivity index (χ3n) is 8.87. The van der Waals surface area contributed by atoms with Crippen molar-refractivity contribution in [3.05, 3.63) is 36.4 Å². The second-order valence-electron chi connectivity index (χ2n) is 12.6. The smallest absolute Gasteiger partial charge is 0.169 e.